The first kappa shape index (κ1) is 22.2. The lowest BCUT2D eigenvalue weighted by Crippen LogP contribution is -2.47. The van der Waals surface area contributed by atoms with Gasteiger partial charge >= 0.3 is 0 Å². The molecule has 170 valence electrons. The monoisotopic (exact) mass is 438 g/mol. The Morgan fingerprint density at radius 3 is 2.47 bits per heavy atom. The largest absolute Gasteiger partial charge is 0.352 e. The molecule has 0 unspecified atom stereocenters. The third-order valence-electron chi connectivity index (χ3n) is 5.83. The maximum atomic E-state index is 13.8. The minimum absolute atomic E-state index is 0.177. The lowest BCUT2D eigenvalue weighted by molar-refractivity contribution is 0.0948. The number of benzene rings is 1. The van der Waals surface area contributed by atoms with Crippen molar-refractivity contribution in [2.24, 2.45) is 0 Å². The summed E-state index contributed by atoms with van der Waals surface area (Å²) in [5, 5.41) is 7.41. The lowest BCUT2D eigenvalue weighted by atomic mass is 10.2. The molecule has 1 N–H and O–H groups in total. The van der Waals surface area contributed by atoms with Crippen LogP contribution in [0.2, 0.25) is 0 Å². The molecule has 1 saturated heterocycles. The van der Waals surface area contributed by atoms with Crippen LogP contribution < -0.4 is 5.32 Å². The summed E-state index contributed by atoms with van der Waals surface area (Å²) in [4.78, 5) is 17.9. The number of hydrogen-bond acceptors (Lipinski definition) is 4. The number of halogens is 1. The molecule has 0 spiro atoms. The van der Waals surface area contributed by atoms with E-state index in [1.807, 2.05) is 29.1 Å². The van der Waals surface area contributed by atoms with Crippen molar-refractivity contribution in [1.29, 1.82) is 0 Å². The zero-order valence-electron chi connectivity index (χ0n) is 18.6. The van der Waals surface area contributed by atoms with E-state index in [-0.39, 0.29) is 11.7 Å². The number of aromatic nitrogens is 3. The first-order valence-corrected chi connectivity index (χ1v) is 11.4. The third-order valence-corrected chi connectivity index (χ3v) is 5.83. The molecule has 0 aliphatic carbocycles. The fourth-order valence-electron chi connectivity index (χ4n) is 4.18. The van der Waals surface area contributed by atoms with E-state index >= 15 is 0 Å². The van der Waals surface area contributed by atoms with Crippen LogP contribution in [0.25, 0.3) is 11.5 Å². The van der Waals surface area contributed by atoms with Gasteiger partial charge in [0.05, 0.1) is 11.9 Å². The Bertz CT molecular complexity index is 1010. The molecule has 3 aromatic rings. The zero-order chi connectivity index (χ0) is 22.3. The van der Waals surface area contributed by atoms with Gasteiger partial charge in [-0.25, -0.2) is 9.07 Å². The average molecular weight is 439 g/mol. The van der Waals surface area contributed by atoms with E-state index in [4.69, 9.17) is 0 Å². The van der Waals surface area contributed by atoms with Crippen LogP contribution in [0, 0.1) is 5.82 Å². The van der Waals surface area contributed by atoms with Gasteiger partial charge in [-0.3, -0.25) is 4.79 Å². The fourth-order valence-corrected chi connectivity index (χ4v) is 4.18. The Morgan fingerprint density at radius 1 is 1.06 bits per heavy atom. The first-order chi connectivity index (χ1) is 15.7. The van der Waals surface area contributed by atoms with Crippen LogP contribution in [-0.2, 0) is 0 Å². The molecule has 7 nitrogen and oxygen atoms in total. The van der Waals surface area contributed by atoms with Gasteiger partial charge in [0.25, 0.3) is 5.91 Å². The molecule has 3 heterocycles. The molecule has 0 atom stereocenters. The number of carbonyl (C=O) groups excluding carboxylic acids is 1. The van der Waals surface area contributed by atoms with Gasteiger partial charge < -0.3 is 19.7 Å². The van der Waals surface area contributed by atoms with E-state index < -0.39 is 0 Å². The van der Waals surface area contributed by atoms with Crippen molar-refractivity contribution in [3.8, 4) is 11.5 Å². The maximum absolute atomic E-state index is 13.8. The molecule has 4 rings (SSSR count). The van der Waals surface area contributed by atoms with Crippen molar-refractivity contribution in [2.45, 2.75) is 19.8 Å². The summed E-state index contributed by atoms with van der Waals surface area (Å²) in [6.45, 7) is 9.41. The predicted molar refractivity (Wildman–Crippen MR) is 123 cm³/mol. The Kier molecular flexibility index (Phi) is 7.34. The average Bonchev–Trinajstić information content (AvgIpc) is 3.47. The molecule has 1 amide bonds. The van der Waals surface area contributed by atoms with E-state index in [0.717, 1.165) is 39.1 Å². The summed E-state index contributed by atoms with van der Waals surface area (Å²) in [6.07, 6.45) is 7.34. The van der Waals surface area contributed by atoms with Crippen LogP contribution >= 0.6 is 0 Å². The molecular weight excluding hydrogens is 407 g/mol. The Labute approximate surface area is 188 Å². The predicted octanol–water partition coefficient (Wildman–Crippen LogP) is 2.95. The quantitative estimate of drug-likeness (QED) is 0.522. The first-order valence-electron chi connectivity index (χ1n) is 11.4. The van der Waals surface area contributed by atoms with E-state index in [1.165, 1.54) is 25.1 Å². The number of rotatable bonds is 9. The Morgan fingerprint density at radius 2 is 1.78 bits per heavy atom. The summed E-state index contributed by atoms with van der Waals surface area (Å²) < 4.78 is 17.2. The lowest BCUT2D eigenvalue weighted by Gasteiger charge is -2.34. The van der Waals surface area contributed by atoms with E-state index in [0.29, 0.717) is 23.6 Å². The van der Waals surface area contributed by atoms with E-state index in [9.17, 15) is 9.18 Å². The van der Waals surface area contributed by atoms with Crippen molar-refractivity contribution in [3.63, 3.8) is 0 Å². The van der Waals surface area contributed by atoms with Crippen LogP contribution in [0.15, 0.2) is 55.0 Å². The highest BCUT2D eigenvalue weighted by molar-refractivity contribution is 5.97. The van der Waals surface area contributed by atoms with Crippen molar-refractivity contribution >= 4 is 5.91 Å². The standard InChI is InChI=1S/C24H31FN6O/c1-2-10-28-14-16-29(17-15-28)11-6-9-26-23(32)22-19-27-31(21-8-5-7-20(25)18-21)24(22)30-12-3-4-13-30/h3-5,7-8,12-13,18-19H,2,6,9-11,14-17H2,1H3,(H,26,32). The van der Waals surface area contributed by atoms with Gasteiger partial charge in [0.1, 0.15) is 11.4 Å². The molecule has 1 aliphatic rings. The van der Waals surface area contributed by atoms with Gasteiger partial charge in [-0.05, 0) is 56.3 Å². The van der Waals surface area contributed by atoms with Crippen molar-refractivity contribution < 1.29 is 9.18 Å². The van der Waals surface area contributed by atoms with Crippen LogP contribution in [0.4, 0.5) is 4.39 Å². The van der Waals surface area contributed by atoms with Gasteiger partial charge in [-0.1, -0.05) is 13.0 Å². The molecule has 2 aromatic heterocycles. The molecule has 0 radical (unpaired) electrons. The Balaban J connectivity index is 1.38. The van der Waals surface area contributed by atoms with Crippen molar-refractivity contribution in [1.82, 2.24) is 29.5 Å². The number of amides is 1. The van der Waals surface area contributed by atoms with Crippen molar-refractivity contribution in [2.75, 3.05) is 45.8 Å². The molecule has 32 heavy (non-hydrogen) atoms. The van der Waals surface area contributed by atoms with Gasteiger partial charge in [0, 0.05) is 45.1 Å². The summed E-state index contributed by atoms with van der Waals surface area (Å²) >= 11 is 0. The molecule has 1 aromatic carbocycles. The maximum Gasteiger partial charge on any atom is 0.256 e. The van der Waals surface area contributed by atoms with E-state index in [2.05, 4.69) is 27.1 Å². The molecule has 8 heteroatoms. The molecule has 0 bridgehead atoms. The third kappa shape index (κ3) is 5.26. The summed E-state index contributed by atoms with van der Waals surface area (Å²) in [6, 6.07) is 9.95. The van der Waals surface area contributed by atoms with Gasteiger partial charge in [-0.15, -0.1) is 0 Å². The minimum Gasteiger partial charge on any atom is -0.352 e. The van der Waals surface area contributed by atoms with Gasteiger partial charge in [0.15, 0.2) is 5.82 Å². The number of carbonyl (C=O) groups is 1. The van der Waals surface area contributed by atoms with Crippen LogP contribution in [-0.4, -0.2) is 75.9 Å². The van der Waals surface area contributed by atoms with Crippen LogP contribution in [0.5, 0.6) is 0 Å². The fraction of sp³-hybridized carbons (Fsp3) is 0.417. The number of hydrogen-bond donors (Lipinski definition) is 1. The molecular formula is C24H31FN6O. The number of nitrogens with zero attached hydrogens (tertiary/aromatic N) is 5. The van der Waals surface area contributed by atoms with Crippen LogP contribution in [0.3, 0.4) is 0 Å². The van der Waals surface area contributed by atoms with Gasteiger partial charge in [0.2, 0.25) is 0 Å². The highest BCUT2D eigenvalue weighted by Gasteiger charge is 2.20. The highest BCUT2D eigenvalue weighted by Crippen LogP contribution is 2.20. The molecule has 1 aliphatic heterocycles. The zero-order valence-corrected chi connectivity index (χ0v) is 18.6. The van der Waals surface area contributed by atoms with E-state index in [1.54, 1.807) is 23.0 Å². The van der Waals surface area contributed by atoms with Gasteiger partial charge in [-0.2, -0.15) is 5.10 Å². The molecule has 0 saturated carbocycles. The normalized spacial score (nSPS) is 15.2. The SMILES string of the molecule is CCCN1CCN(CCCNC(=O)c2cnn(-c3cccc(F)c3)c2-n2cccc2)CC1. The Hall–Kier alpha value is -2.97. The topological polar surface area (TPSA) is 58.3 Å². The highest BCUT2D eigenvalue weighted by atomic mass is 19.1. The minimum atomic E-state index is -0.349. The second-order valence-corrected chi connectivity index (χ2v) is 8.16. The second kappa shape index (κ2) is 10.6. The summed E-state index contributed by atoms with van der Waals surface area (Å²) in [5.41, 5.74) is 1.02. The summed E-state index contributed by atoms with van der Waals surface area (Å²) in [7, 11) is 0. The second-order valence-electron chi connectivity index (χ2n) is 8.16. The number of nitrogens with one attached hydrogen (secondary N) is 1. The summed E-state index contributed by atoms with van der Waals surface area (Å²) in [5.74, 6) is 0.0623. The van der Waals surface area contributed by atoms with Crippen LogP contribution in [0.1, 0.15) is 30.1 Å². The van der Waals surface area contributed by atoms with Crippen molar-refractivity contribution in [3.05, 3.63) is 66.4 Å². The smallest absolute Gasteiger partial charge is 0.256 e. The number of piperazine rings is 1. The molecule has 1 fully saturated rings.